The minimum Gasteiger partial charge on any atom is -0.465 e. The maximum absolute atomic E-state index is 12.9. The summed E-state index contributed by atoms with van der Waals surface area (Å²) in [6.45, 7) is 0.400. The highest BCUT2D eigenvalue weighted by atomic mass is 35.5. The van der Waals surface area contributed by atoms with Crippen molar-refractivity contribution in [2.75, 3.05) is 6.54 Å². The molecule has 8 heteroatoms. The standard InChI is InChI=1S/C13H10ClF3N2O2/c14-9-4-10-7(3-8(9)13(15,16)17)6-1-2-19(12(20)21)5-11(6)18-10/h3-4,18H,1-2,5H2,(H,20,21). The fourth-order valence-electron chi connectivity index (χ4n) is 2.64. The SMILES string of the molecule is O=C(O)N1CCc2c([nH]c3cc(Cl)c(C(F)(F)F)cc23)C1. The fraction of sp³-hybridized carbons (Fsp3) is 0.308. The first-order valence-corrected chi connectivity index (χ1v) is 6.53. The van der Waals surface area contributed by atoms with Crippen molar-refractivity contribution in [1.29, 1.82) is 0 Å². The van der Waals surface area contributed by atoms with Crippen LogP contribution in [0.25, 0.3) is 10.9 Å². The number of nitrogens with zero attached hydrogens (tertiary/aromatic N) is 1. The van der Waals surface area contributed by atoms with Gasteiger partial charge >= 0.3 is 12.3 Å². The number of alkyl halides is 3. The van der Waals surface area contributed by atoms with Crippen molar-refractivity contribution in [1.82, 2.24) is 9.88 Å². The van der Waals surface area contributed by atoms with Crippen molar-refractivity contribution in [3.63, 3.8) is 0 Å². The number of aromatic amines is 1. The Hall–Kier alpha value is -1.89. The molecule has 1 amide bonds. The van der Waals surface area contributed by atoms with Crippen LogP contribution in [-0.4, -0.2) is 27.6 Å². The monoisotopic (exact) mass is 318 g/mol. The minimum absolute atomic E-state index is 0.137. The van der Waals surface area contributed by atoms with Crippen LogP contribution in [0.1, 0.15) is 16.8 Å². The van der Waals surface area contributed by atoms with Crippen molar-refractivity contribution in [2.24, 2.45) is 0 Å². The maximum atomic E-state index is 12.9. The Morgan fingerprint density at radius 3 is 2.71 bits per heavy atom. The van der Waals surface area contributed by atoms with Crippen LogP contribution in [0.4, 0.5) is 18.0 Å². The van der Waals surface area contributed by atoms with E-state index in [4.69, 9.17) is 16.7 Å². The fourth-order valence-corrected chi connectivity index (χ4v) is 2.92. The van der Waals surface area contributed by atoms with Gasteiger partial charge in [-0.05, 0) is 24.1 Å². The van der Waals surface area contributed by atoms with E-state index in [1.54, 1.807) is 0 Å². The maximum Gasteiger partial charge on any atom is 0.417 e. The number of rotatable bonds is 0. The molecule has 1 aliphatic heterocycles. The third kappa shape index (κ3) is 2.31. The molecule has 0 atom stereocenters. The summed E-state index contributed by atoms with van der Waals surface area (Å²) in [4.78, 5) is 15.1. The van der Waals surface area contributed by atoms with Gasteiger partial charge in [0.2, 0.25) is 0 Å². The van der Waals surface area contributed by atoms with Crippen molar-refractivity contribution in [3.05, 3.63) is 34.0 Å². The van der Waals surface area contributed by atoms with Crippen LogP contribution in [0.3, 0.4) is 0 Å². The van der Waals surface area contributed by atoms with E-state index in [1.165, 1.54) is 11.0 Å². The zero-order valence-corrected chi connectivity index (χ0v) is 11.3. The van der Waals surface area contributed by atoms with E-state index in [9.17, 15) is 18.0 Å². The van der Waals surface area contributed by atoms with Gasteiger partial charge in [-0.15, -0.1) is 0 Å². The molecule has 0 fully saturated rings. The van der Waals surface area contributed by atoms with Gasteiger partial charge in [0.15, 0.2) is 0 Å². The normalized spacial score (nSPS) is 15.3. The molecule has 112 valence electrons. The Kier molecular flexibility index (Phi) is 3.05. The lowest BCUT2D eigenvalue weighted by Gasteiger charge is -2.24. The molecule has 2 aromatic rings. The molecule has 0 spiro atoms. The summed E-state index contributed by atoms with van der Waals surface area (Å²) in [5, 5.41) is 9.05. The van der Waals surface area contributed by atoms with Crippen LogP contribution in [0.15, 0.2) is 12.1 Å². The Balaban J connectivity index is 2.14. The molecule has 2 N–H and O–H groups in total. The summed E-state index contributed by atoms with van der Waals surface area (Å²) in [6.07, 6.45) is -5.19. The molecule has 1 aromatic heterocycles. The lowest BCUT2D eigenvalue weighted by Crippen LogP contribution is -2.34. The number of fused-ring (bicyclic) bond motifs is 3. The summed E-state index contributed by atoms with van der Waals surface area (Å²) in [6, 6.07) is 2.27. The molecule has 0 saturated heterocycles. The van der Waals surface area contributed by atoms with Crippen molar-refractivity contribution >= 4 is 28.6 Å². The molecule has 0 saturated carbocycles. The van der Waals surface area contributed by atoms with Crippen LogP contribution in [-0.2, 0) is 19.1 Å². The van der Waals surface area contributed by atoms with E-state index in [0.717, 1.165) is 11.6 Å². The number of aromatic nitrogens is 1. The zero-order chi connectivity index (χ0) is 15.4. The van der Waals surface area contributed by atoms with Gasteiger partial charge in [0.25, 0.3) is 0 Å². The summed E-state index contributed by atoms with van der Waals surface area (Å²) in [7, 11) is 0. The summed E-state index contributed by atoms with van der Waals surface area (Å²) >= 11 is 5.69. The number of nitrogens with one attached hydrogen (secondary N) is 1. The second-order valence-electron chi connectivity index (χ2n) is 4.91. The number of carbonyl (C=O) groups is 1. The molecule has 21 heavy (non-hydrogen) atoms. The highest BCUT2D eigenvalue weighted by Crippen LogP contribution is 2.39. The van der Waals surface area contributed by atoms with Crippen molar-refractivity contribution in [2.45, 2.75) is 19.1 Å². The number of amides is 1. The first-order valence-electron chi connectivity index (χ1n) is 6.15. The lowest BCUT2D eigenvalue weighted by atomic mass is 10.0. The molecular weight excluding hydrogens is 309 g/mol. The average Bonchev–Trinajstić information content (AvgIpc) is 2.72. The molecular formula is C13H10ClF3N2O2. The van der Waals surface area contributed by atoms with Gasteiger partial charge < -0.3 is 15.0 Å². The molecule has 2 heterocycles. The molecule has 3 rings (SSSR count). The molecule has 1 aliphatic rings. The molecule has 0 unspecified atom stereocenters. The van der Waals surface area contributed by atoms with Crippen LogP contribution in [0, 0.1) is 0 Å². The largest absolute Gasteiger partial charge is 0.465 e. The van der Waals surface area contributed by atoms with Crippen LogP contribution < -0.4 is 0 Å². The summed E-state index contributed by atoms with van der Waals surface area (Å²) < 4.78 is 38.7. The second-order valence-corrected chi connectivity index (χ2v) is 5.32. The number of halogens is 4. The Bertz CT molecular complexity index is 739. The number of carboxylic acid groups (broad SMARTS) is 1. The van der Waals surface area contributed by atoms with E-state index < -0.39 is 17.8 Å². The highest BCUT2D eigenvalue weighted by molar-refractivity contribution is 6.32. The molecule has 4 nitrogen and oxygen atoms in total. The number of hydrogen-bond acceptors (Lipinski definition) is 1. The van der Waals surface area contributed by atoms with E-state index in [0.29, 0.717) is 23.0 Å². The lowest BCUT2D eigenvalue weighted by molar-refractivity contribution is -0.137. The van der Waals surface area contributed by atoms with Crippen LogP contribution in [0.5, 0.6) is 0 Å². The predicted molar refractivity (Wildman–Crippen MR) is 70.4 cm³/mol. The topological polar surface area (TPSA) is 56.3 Å². The van der Waals surface area contributed by atoms with Crippen molar-refractivity contribution in [3.8, 4) is 0 Å². The molecule has 0 bridgehead atoms. The Morgan fingerprint density at radius 1 is 1.38 bits per heavy atom. The van der Waals surface area contributed by atoms with Gasteiger partial charge in [-0.1, -0.05) is 11.6 Å². The van der Waals surface area contributed by atoms with Gasteiger partial charge in [0.1, 0.15) is 0 Å². The third-order valence-corrected chi connectivity index (χ3v) is 3.95. The van der Waals surface area contributed by atoms with Gasteiger partial charge in [0, 0.05) is 23.1 Å². The summed E-state index contributed by atoms with van der Waals surface area (Å²) in [5.74, 6) is 0. The molecule has 0 radical (unpaired) electrons. The van der Waals surface area contributed by atoms with Gasteiger partial charge in [-0.25, -0.2) is 4.79 Å². The minimum atomic E-state index is -4.52. The van der Waals surface area contributed by atoms with Gasteiger partial charge in [0.05, 0.1) is 17.1 Å². The average molecular weight is 319 g/mol. The first-order chi connectivity index (χ1) is 9.77. The van der Waals surface area contributed by atoms with E-state index in [2.05, 4.69) is 4.98 Å². The predicted octanol–water partition coefficient (Wildman–Crippen LogP) is 3.88. The van der Waals surface area contributed by atoms with Gasteiger partial charge in [-0.2, -0.15) is 13.2 Å². The third-order valence-electron chi connectivity index (χ3n) is 3.64. The zero-order valence-electron chi connectivity index (χ0n) is 10.6. The van der Waals surface area contributed by atoms with Crippen LogP contribution in [0.2, 0.25) is 5.02 Å². The van der Waals surface area contributed by atoms with E-state index >= 15 is 0 Å². The smallest absolute Gasteiger partial charge is 0.417 e. The van der Waals surface area contributed by atoms with Crippen LogP contribution >= 0.6 is 11.6 Å². The van der Waals surface area contributed by atoms with E-state index in [1.807, 2.05) is 0 Å². The Labute approximate surface area is 122 Å². The molecule has 1 aromatic carbocycles. The number of H-pyrrole nitrogens is 1. The quantitative estimate of drug-likeness (QED) is 0.774. The van der Waals surface area contributed by atoms with Crippen molar-refractivity contribution < 1.29 is 23.1 Å². The summed E-state index contributed by atoms with van der Waals surface area (Å²) in [5.41, 5.74) is 0.961. The first kappa shape index (κ1) is 14.1. The Morgan fingerprint density at radius 2 is 2.10 bits per heavy atom. The van der Waals surface area contributed by atoms with Gasteiger partial charge in [-0.3, -0.25) is 0 Å². The number of benzene rings is 1. The highest BCUT2D eigenvalue weighted by Gasteiger charge is 2.34. The second kappa shape index (κ2) is 4.56. The molecule has 0 aliphatic carbocycles. The number of hydrogen-bond donors (Lipinski definition) is 2. The van der Waals surface area contributed by atoms with E-state index in [-0.39, 0.29) is 18.1 Å².